The molecule has 0 aromatic carbocycles. The SMILES string of the molecule is CCCC1CN(CC2(C)CCCC2)C(CC)CN1. The normalized spacial score (nSPS) is 32.8. The van der Waals surface area contributed by atoms with E-state index in [1.54, 1.807) is 0 Å². The lowest BCUT2D eigenvalue weighted by Crippen LogP contribution is -2.58. The van der Waals surface area contributed by atoms with E-state index in [1.165, 1.54) is 64.6 Å². The average molecular weight is 252 g/mol. The third-order valence-corrected chi connectivity index (χ3v) is 5.12. The van der Waals surface area contributed by atoms with Gasteiger partial charge in [0.2, 0.25) is 0 Å². The van der Waals surface area contributed by atoms with Crippen LogP contribution < -0.4 is 5.32 Å². The standard InChI is InChI=1S/C16H32N2/c1-4-8-14-12-18(15(5-2)11-17-14)13-16(3)9-6-7-10-16/h14-15,17H,4-13H2,1-3H3. The summed E-state index contributed by atoms with van der Waals surface area (Å²) in [6, 6.07) is 1.51. The summed E-state index contributed by atoms with van der Waals surface area (Å²) in [4.78, 5) is 2.81. The van der Waals surface area contributed by atoms with Gasteiger partial charge in [-0.1, -0.05) is 40.0 Å². The molecule has 0 aromatic heterocycles. The van der Waals surface area contributed by atoms with Crippen molar-refractivity contribution in [2.45, 2.75) is 77.8 Å². The van der Waals surface area contributed by atoms with Crippen LogP contribution in [0.15, 0.2) is 0 Å². The molecular weight excluding hydrogens is 220 g/mol. The molecular formula is C16H32N2. The highest BCUT2D eigenvalue weighted by molar-refractivity contribution is 4.91. The van der Waals surface area contributed by atoms with Gasteiger partial charge in [-0.2, -0.15) is 0 Å². The summed E-state index contributed by atoms with van der Waals surface area (Å²) in [6.07, 6.45) is 9.75. The van der Waals surface area contributed by atoms with Gasteiger partial charge in [-0.3, -0.25) is 4.90 Å². The van der Waals surface area contributed by atoms with Crippen LogP contribution in [0.2, 0.25) is 0 Å². The van der Waals surface area contributed by atoms with E-state index in [-0.39, 0.29) is 0 Å². The molecule has 2 unspecified atom stereocenters. The van der Waals surface area contributed by atoms with Crippen LogP contribution in [0.3, 0.4) is 0 Å². The van der Waals surface area contributed by atoms with Crippen LogP contribution in [0, 0.1) is 5.41 Å². The highest BCUT2D eigenvalue weighted by Crippen LogP contribution is 2.38. The molecule has 2 nitrogen and oxygen atoms in total. The Morgan fingerprint density at radius 2 is 1.94 bits per heavy atom. The van der Waals surface area contributed by atoms with Gasteiger partial charge >= 0.3 is 0 Å². The molecule has 0 aromatic rings. The van der Waals surface area contributed by atoms with Crippen LogP contribution in [0.25, 0.3) is 0 Å². The molecule has 2 rings (SSSR count). The maximum atomic E-state index is 3.75. The van der Waals surface area contributed by atoms with E-state index >= 15 is 0 Å². The second kappa shape index (κ2) is 6.38. The van der Waals surface area contributed by atoms with E-state index in [9.17, 15) is 0 Å². The maximum Gasteiger partial charge on any atom is 0.0219 e. The van der Waals surface area contributed by atoms with Crippen molar-refractivity contribution in [3.8, 4) is 0 Å². The van der Waals surface area contributed by atoms with Crippen molar-refractivity contribution in [3.63, 3.8) is 0 Å². The molecule has 0 bridgehead atoms. The molecule has 18 heavy (non-hydrogen) atoms. The van der Waals surface area contributed by atoms with Gasteiger partial charge in [-0.25, -0.2) is 0 Å². The van der Waals surface area contributed by atoms with Crippen LogP contribution in [0.1, 0.15) is 65.7 Å². The predicted molar refractivity (Wildman–Crippen MR) is 78.9 cm³/mol. The molecule has 1 aliphatic carbocycles. The summed E-state index contributed by atoms with van der Waals surface area (Å²) >= 11 is 0. The van der Waals surface area contributed by atoms with Crippen LogP contribution in [-0.4, -0.2) is 36.6 Å². The van der Waals surface area contributed by atoms with Crippen molar-refractivity contribution in [1.82, 2.24) is 10.2 Å². The topological polar surface area (TPSA) is 15.3 Å². The molecule has 106 valence electrons. The van der Waals surface area contributed by atoms with E-state index in [0.29, 0.717) is 5.41 Å². The van der Waals surface area contributed by atoms with Gasteiger partial charge in [0.25, 0.3) is 0 Å². The quantitative estimate of drug-likeness (QED) is 0.806. The van der Waals surface area contributed by atoms with Crippen molar-refractivity contribution in [2.24, 2.45) is 5.41 Å². The average Bonchev–Trinajstić information content (AvgIpc) is 2.77. The number of hydrogen-bond donors (Lipinski definition) is 1. The third-order valence-electron chi connectivity index (χ3n) is 5.12. The molecule has 2 atom stereocenters. The zero-order valence-electron chi connectivity index (χ0n) is 12.7. The molecule has 0 spiro atoms. The van der Waals surface area contributed by atoms with E-state index < -0.39 is 0 Å². The highest BCUT2D eigenvalue weighted by atomic mass is 15.2. The first-order valence-electron chi connectivity index (χ1n) is 8.14. The Hall–Kier alpha value is -0.0800. The van der Waals surface area contributed by atoms with E-state index in [4.69, 9.17) is 0 Å². The highest BCUT2D eigenvalue weighted by Gasteiger charge is 2.35. The van der Waals surface area contributed by atoms with E-state index in [1.807, 2.05) is 0 Å². The molecule has 1 saturated carbocycles. The molecule has 2 aliphatic rings. The fraction of sp³-hybridized carbons (Fsp3) is 1.00. The minimum Gasteiger partial charge on any atom is -0.311 e. The molecule has 1 N–H and O–H groups in total. The summed E-state index contributed by atoms with van der Waals surface area (Å²) in [5.41, 5.74) is 0.613. The summed E-state index contributed by atoms with van der Waals surface area (Å²) in [6.45, 7) is 11.0. The molecule has 2 fully saturated rings. The lowest BCUT2D eigenvalue weighted by atomic mass is 9.87. The van der Waals surface area contributed by atoms with Crippen molar-refractivity contribution in [3.05, 3.63) is 0 Å². The lowest BCUT2D eigenvalue weighted by Gasteiger charge is -2.44. The van der Waals surface area contributed by atoms with Crippen molar-refractivity contribution in [2.75, 3.05) is 19.6 Å². The fourth-order valence-corrected chi connectivity index (χ4v) is 3.94. The van der Waals surface area contributed by atoms with Crippen molar-refractivity contribution < 1.29 is 0 Å². The largest absolute Gasteiger partial charge is 0.311 e. The summed E-state index contributed by atoms with van der Waals surface area (Å²) in [5, 5.41) is 3.75. The van der Waals surface area contributed by atoms with Crippen LogP contribution >= 0.6 is 0 Å². The van der Waals surface area contributed by atoms with Gasteiger partial charge in [-0.05, 0) is 31.1 Å². The van der Waals surface area contributed by atoms with E-state index in [0.717, 1.165) is 12.1 Å². The van der Waals surface area contributed by atoms with Crippen molar-refractivity contribution in [1.29, 1.82) is 0 Å². The van der Waals surface area contributed by atoms with Gasteiger partial charge in [0.15, 0.2) is 0 Å². The summed E-state index contributed by atoms with van der Waals surface area (Å²) < 4.78 is 0. The van der Waals surface area contributed by atoms with Crippen LogP contribution in [0.4, 0.5) is 0 Å². The second-order valence-electron chi connectivity index (χ2n) is 6.90. The first-order valence-corrected chi connectivity index (χ1v) is 8.14. The molecule has 0 radical (unpaired) electrons. The number of nitrogens with zero attached hydrogens (tertiary/aromatic N) is 1. The van der Waals surface area contributed by atoms with E-state index in [2.05, 4.69) is 31.0 Å². The van der Waals surface area contributed by atoms with Crippen LogP contribution in [0.5, 0.6) is 0 Å². The van der Waals surface area contributed by atoms with Gasteiger partial charge in [0, 0.05) is 31.7 Å². The summed E-state index contributed by atoms with van der Waals surface area (Å²) in [7, 11) is 0. The van der Waals surface area contributed by atoms with Gasteiger partial charge in [0.1, 0.15) is 0 Å². The van der Waals surface area contributed by atoms with Gasteiger partial charge < -0.3 is 5.32 Å². The third kappa shape index (κ3) is 3.48. The maximum absolute atomic E-state index is 3.75. The summed E-state index contributed by atoms with van der Waals surface area (Å²) in [5.74, 6) is 0. The first kappa shape index (κ1) is 14.3. The number of rotatable bonds is 5. The molecule has 1 saturated heterocycles. The lowest BCUT2D eigenvalue weighted by molar-refractivity contribution is 0.0750. The van der Waals surface area contributed by atoms with Crippen molar-refractivity contribution >= 4 is 0 Å². The Kier molecular flexibility index (Phi) is 5.08. The molecule has 0 amide bonds. The minimum atomic E-state index is 0.613. The molecule has 2 heteroatoms. The predicted octanol–water partition coefficient (Wildman–Crippen LogP) is 3.42. The number of nitrogens with one attached hydrogen (secondary N) is 1. The smallest absolute Gasteiger partial charge is 0.0219 e. The Balaban J connectivity index is 1.93. The van der Waals surface area contributed by atoms with Gasteiger partial charge in [-0.15, -0.1) is 0 Å². The Labute approximate surface area is 114 Å². The molecule has 1 aliphatic heterocycles. The monoisotopic (exact) mass is 252 g/mol. The fourth-order valence-electron chi connectivity index (χ4n) is 3.94. The Morgan fingerprint density at radius 3 is 2.56 bits per heavy atom. The zero-order chi connectivity index (χ0) is 13.0. The Bertz CT molecular complexity index is 245. The van der Waals surface area contributed by atoms with Gasteiger partial charge in [0.05, 0.1) is 0 Å². The number of piperazine rings is 1. The second-order valence-corrected chi connectivity index (χ2v) is 6.90. The number of hydrogen-bond acceptors (Lipinski definition) is 2. The molecule has 1 heterocycles. The zero-order valence-corrected chi connectivity index (χ0v) is 12.7. The first-order chi connectivity index (χ1) is 8.67. The van der Waals surface area contributed by atoms with Crippen LogP contribution in [-0.2, 0) is 0 Å². The minimum absolute atomic E-state index is 0.613. The Morgan fingerprint density at radius 1 is 1.22 bits per heavy atom.